The van der Waals surface area contributed by atoms with Gasteiger partial charge in [0.1, 0.15) is 5.01 Å². The summed E-state index contributed by atoms with van der Waals surface area (Å²) in [5.74, 6) is -0.554. The molecule has 1 aliphatic heterocycles. The highest BCUT2D eigenvalue weighted by molar-refractivity contribution is 7.91. The van der Waals surface area contributed by atoms with E-state index in [1.165, 1.54) is 0 Å². The summed E-state index contributed by atoms with van der Waals surface area (Å²) in [6, 6.07) is 5.04. The number of aromatic amines is 1. The van der Waals surface area contributed by atoms with Crippen molar-refractivity contribution in [3.8, 4) is 5.88 Å². The van der Waals surface area contributed by atoms with Crippen LogP contribution < -0.4 is 4.87 Å². The third-order valence-electron chi connectivity index (χ3n) is 5.32. The highest BCUT2D eigenvalue weighted by Gasteiger charge is 2.34. The molecular formula is C20H19N5O7S3. The minimum atomic E-state index is -3.77. The molecule has 5 rings (SSSR count). The number of hydrogen-bond acceptors (Lipinski definition) is 12. The zero-order valence-corrected chi connectivity index (χ0v) is 20.7. The summed E-state index contributed by atoms with van der Waals surface area (Å²) in [7, 11) is -3.77. The van der Waals surface area contributed by atoms with E-state index in [2.05, 4.69) is 20.2 Å². The number of H-pyrrole nitrogens is 1. The number of ether oxygens (including phenoxy) is 1. The van der Waals surface area contributed by atoms with Crippen LogP contribution in [0.5, 0.6) is 5.88 Å². The molecule has 0 bridgehead atoms. The zero-order valence-electron chi connectivity index (χ0n) is 18.3. The van der Waals surface area contributed by atoms with Gasteiger partial charge in [0.2, 0.25) is 17.7 Å². The Morgan fingerprint density at radius 3 is 2.71 bits per heavy atom. The number of rotatable bonds is 6. The monoisotopic (exact) mass is 537 g/mol. The van der Waals surface area contributed by atoms with E-state index in [9.17, 15) is 23.1 Å². The van der Waals surface area contributed by atoms with E-state index >= 15 is 0 Å². The zero-order chi connectivity index (χ0) is 24.7. The second kappa shape index (κ2) is 9.14. The van der Waals surface area contributed by atoms with E-state index in [1.54, 1.807) is 23.1 Å². The highest BCUT2D eigenvalue weighted by Crippen LogP contribution is 2.35. The third-order valence-corrected chi connectivity index (χ3v) is 8.71. The molecule has 1 atom stereocenters. The van der Waals surface area contributed by atoms with Gasteiger partial charge in [-0.15, -0.1) is 21.5 Å². The maximum absolute atomic E-state index is 12.8. The van der Waals surface area contributed by atoms with Gasteiger partial charge < -0.3 is 19.2 Å². The number of aromatic nitrogens is 4. The fourth-order valence-corrected chi connectivity index (χ4v) is 6.91. The Labute approximate surface area is 206 Å². The predicted octanol–water partition coefficient (Wildman–Crippen LogP) is 1.33. The molecule has 15 heteroatoms. The summed E-state index contributed by atoms with van der Waals surface area (Å²) < 4.78 is 36.9. The average Bonchev–Trinajstić information content (AvgIpc) is 3.51. The number of nitrogens with one attached hydrogen (secondary N) is 1. The third kappa shape index (κ3) is 4.84. The fourth-order valence-electron chi connectivity index (χ4n) is 3.66. The molecule has 1 aromatic carbocycles. The van der Waals surface area contributed by atoms with Crippen molar-refractivity contribution >= 4 is 48.6 Å². The van der Waals surface area contributed by atoms with Gasteiger partial charge in [-0.25, -0.2) is 13.4 Å². The molecule has 2 N–H and O–H groups in total. The SMILES string of the molecule is CS(=O)(=O)C(c1nnc(Cc2sc(=O)[nH]c2O)o1)c1nc2ccc(C(=O)N3CCOCC3)cc2s1. The highest BCUT2D eigenvalue weighted by atomic mass is 32.2. The summed E-state index contributed by atoms with van der Waals surface area (Å²) in [4.78, 5) is 32.5. The van der Waals surface area contributed by atoms with E-state index in [0.29, 0.717) is 47.0 Å². The van der Waals surface area contributed by atoms with Gasteiger partial charge in [-0.1, -0.05) is 11.3 Å². The number of morpholine rings is 1. The molecule has 1 saturated heterocycles. The number of amides is 1. The van der Waals surface area contributed by atoms with Crippen molar-refractivity contribution in [2.24, 2.45) is 0 Å². The molecule has 0 spiro atoms. The lowest BCUT2D eigenvalue weighted by Crippen LogP contribution is -2.40. The van der Waals surface area contributed by atoms with Gasteiger partial charge >= 0.3 is 4.87 Å². The molecule has 184 valence electrons. The topological polar surface area (TPSA) is 169 Å². The molecule has 4 aromatic rings. The lowest BCUT2D eigenvalue weighted by molar-refractivity contribution is 0.0303. The van der Waals surface area contributed by atoms with Crippen LogP contribution in [0.1, 0.15) is 37.3 Å². The second-order valence-electron chi connectivity index (χ2n) is 7.85. The Morgan fingerprint density at radius 1 is 1.26 bits per heavy atom. The van der Waals surface area contributed by atoms with Crippen molar-refractivity contribution in [1.82, 2.24) is 25.1 Å². The van der Waals surface area contributed by atoms with Crippen LogP contribution in [0.4, 0.5) is 0 Å². The number of aromatic hydroxyl groups is 1. The number of fused-ring (bicyclic) bond motifs is 1. The second-order valence-corrected chi connectivity index (χ2v) is 12.1. The lowest BCUT2D eigenvalue weighted by Gasteiger charge is -2.26. The maximum atomic E-state index is 12.8. The summed E-state index contributed by atoms with van der Waals surface area (Å²) >= 11 is 1.92. The minimum absolute atomic E-state index is 0.0361. The fraction of sp³-hybridized carbons (Fsp3) is 0.350. The average molecular weight is 538 g/mol. The van der Waals surface area contributed by atoms with E-state index < -0.39 is 20.0 Å². The van der Waals surface area contributed by atoms with Gasteiger partial charge in [0.15, 0.2) is 15.1 Å². The molecule has 4 heterocycles. The van der Waals surface area contributed by atoms with Crippen molar-refractivity contribution in [3.63, 3.8) is 0 Å². The van der Waals surface area contributed by atoms with Gasteiger partial charge in [-0.3, -0.25) is 14.6 Å². The summed E-state index contributed by atoms with van der Waals surface area (Å²) in [5.41, 5.74) is 1.02. The number of hydrogen-bond donors (Lipinski definition) is 2. The van der Waals surface area contributed by atoms with Crippen LogP contribution in [-0.4, -0.2) is 77.1 Å². The van der Waals surface area contributed by atoms with Gasteiger partial charge in [0.25, 0.3) is 5.91 Å². The smallest absolute Gasteiger partial charge is 0.307 e. The number of nitrogens with zero attached hydrogens (tertiary/aromatic N) is 4. The first kappa shape index (κ1) is 23.6. The Hall–Kier alpha value is -3.14. The standard InChI is InChI=1S/C20H19N5O7S3/c1-35(29,30)15(17-24-23-14(32-17)9-13-16(26)22-20(28)34-13)18-21-11-3-2-10(8-12(11)33-18)19(27)25-4-6-31-7-5-25/h2-3,8,15,26H,4-7,9H2,1H3,(H,22,28). The summed E-state index contributed by atoms with van der Waals surface area (Å²) in [5, 5.41) is 16.5. The lowest BCUT2D eigenvalue weighted by atomic mass is 10.2. The Morgan fingerprint density at radius 2 is 2.03 bits per heavy atom. The predicted molar refractivity (Wildman–Crippen MR) is 127 cm³/mol. The molecule has 12 nitrogen and oxygen atoms in total. The molecule has 3 aromatic heterocycles. The molecular weight excluding hydrogens is 518 g/mol. The van der Waals surface area contributed by atoms with Crippen LogP contribution in [0.25, 0.3) is 10.2 Å². The van der Waals surface area contributed by atoms with E-state index in [0.717, 1.165) is 28.9 Å². The first-order valence-corrected chi connectivity index (χ1v) is 14.0. The number of sulfone groups is 1. The molecule has 1 fully saturated rings. The minimum Gasteiger partial charge on any atom is -0.494 e. The molecule has 0 radical (unpaired) electrons. The normalized spacial score (nSPS) is 15.5. The van der Waals surface area contributed by atoms with Crippen molar-refractivity contribution < 1.29 is 27.5 Å². The van der Waals surface area contributed by atoms with Gasteiger partial charge in [0.05, 0.1) is 34.7 Å². The van der Waals surface area contributed by atoms with Crippen LogP contribution in [-0.2, 0) is 21.0 Å². The van der Waals surface area contributed by atoms with Crippen LogP contribution in [0.15, 0.2) is 27.4 Å². The molecule has 0 aliphatic carbocycles. The Kier molecular flexibility index (Phi) is 6.16. The molecule has 1 unspecified atom stereocenters. The quantitative estimate of drug-likeness (QED) is 0.366. The van der Waals surface area contributed by atoms with Gasteiger partial charge in [-0.05, 0) is 18.2 Å². The van der Waals surface area contributed by atoms with Crippen molar-refractivity contribution in [2.45, 2.75) is 11.7 Å². The molecule has 1 amide bonds. The van der Waals surface area contributed by atoms with Crippen molar-refractivity contribution in [1.29, 1.82) is 0 Å². The van der Waals surface area contributed by atoms with Gasteiger partial charge in [0, 0.05) is 24.9 Å². The van der Waals surface area contributed by atoms with Crippen LogP contribution in [0.2, 0.25) is 0 Å². The van der Waals surface area contributed by atoms with Crippen LogP contribution in [0, 0.1) is 0 Å². The van der Waals surface area contributed by atoms with Crippen molar-refractivity contribution in [3.05, 3.63) is 55.1 Å². The van der Waals surface area contributed by atoms with Crippen LogP contribution in [0.3, 0.4) is 0 Å². The van der Waals surface area contributed by atoms with E-state index in [1.807, 2.05) is 0 Å². The Balaban J connectivity index is 1.46. The number of thiazole rings is 2. The first-order chi connectivity index (χ1) is 16.7. The van der Waals surface area contributed by atoms with Crippen LogP contribution >= 0.6 is 22.7 Å². The number of carbonyl (C=O) groups excluding carboxylic acids is 1. The number of carbonyl (C=O) groups is 1. The van der Waals surface area contributed by atoms with Gasteiger partial charge in [-0.2, -0.15) is 0 Å². The molecule has 35 heavy (non-hydrogen) atoms. The first-order valence-electron chi connectivity index (χ1n) is 10.4. The summed E-state index contributed by atoms with van der Waals surface area (Å²) in [6.45, 7) is 2.00. The maximum Gasteiger partial charge on any atom is 0.307 e. The molecule has 1 aliphatic rings. The van der Waals surface area contributed by atoms with E-state index in [4.69, 9.17) is 9.15 Å². The van der Waals surface area contributed by atoms with E-state index in [-0.39, 0.29) is 35.0 Å². The summed E-state index contributed by atoms with van der Waals surface area (Å²) in [6.07, 6.45) is 1.01. The Bertz CT molecular complexity index is 1560. The van der Waals surface area contributed by atoms with Crippen molar-refractivity contribution in [2.75, 3.05) is 32.6 Å². The molecule has 0 saturated carbocycles. The number of benzene rings is 1. The largest absolute Gasteiger partial charge is 0.494 e.